The monoisotopic (exact) mass is 283 g/mol. The molecule has 0 saturated carbocycles. The molecule has 0 amide bonds. The van der Waals surface area contributed by atoms with Crippen molar-refractivity contribution in [2.75, 3.05) is 0 Å². The molecule has 19 heavy (non-hydrogen) atoms. The van der Waals surface area contributed by atoms with Crippen LogP contribution in [0.25, 0.3) is 0 Å². The molecule has 5 heteroatoms. The summed E-state index contributed by atoms with van der Waals surface area (Å²) in [6.07, 6.45) is 2.79. The average molecular weight is 283 g/mol. The van der Waals surface area contributed by atoms with Gasteiger partial charge < -0.3 is 4.55 Å². The second-order valence-electron chi connectivity index (χ2n) is 7.37. The summed E-state index contributed by atoms with van der Waals surface area (Å²) in [5.41, 5.74) is 1.30. The predicted octanol–water partition coefficient (Wildman–Crippen LogP) is 2.97. The van der Waals surface area contributed by atoms with Gasteiger partial charge in [-0.1, -0.05) is 20.8 Å². The van der Waals surface area contributed by atoms with Crippen LogP contribution in [0.15, 0.2) is 12.3 Å². The summed E-state index contributed by atoms with van der Waals surface area (Å²) in [6.45, 7) is 12.7. The van der Waals surface area contributed by atoms with Crippen molar-refractivity contribution in [1.82, 2.24) is 14.5 Å². The van der Waals surface area contributed by atoms with Crippen LogP contribution in [0.1, 0.15) is 65.7 Å². The first-order valence-electron chi connectivity index (χ1n) is 6.82. The average Bonchev–Trinajstić information content (AvgIpc) is 2.77. The molecule has 1 aliphatic heterocycles. The number of nitrogens with zero attached hydrogens (tertiary/aromatic N) is 2. The van der Waals surface area contributed by atoms with E-state index in [4.69, 9.17) is 0 Å². The van der Waals surface area contributed by atoms with Gasteiger partial charge in [-0.15, -0.1) is 4.72 Å². The van der Waals surface area contributed by atoms with E-state index in [0.29, 0.717) is 6.04 Å². The Hall–Kier alpha value is -0.520. The molecule has 3 atom stereocenters. The van der Waals surface area contributed by atoms with E-state index in [0.717, 1.165) is 12.1 Å². The van der Waals surface area contributed by atoms with Crippen LogP contribution < -0.4 is 4.72 Å². The lowest BCUT2D eigenvalue weighted by Crippen LogP contribution is -2.40. The van der Waals surface area contributed by atoms with Gasteiger partial charge in [0.1, 0.15) is 4.75 Å². The van der Waals surface area contributed by atoms with Gasteiger partial charge in [0.2, 0.25) is 0 Å². The Balaban J connectivity index is 2.19. The molecule has 1 N–H and O–H groups in total. The Morgan fingerprint density at radius 2 is 1.95 bits per heavy atom. The molecule has 4 nitrogen and oxygen atoms in total. The fourth-order valence-electron chi connectivity index (χ4n) is 2.44. The molecule has 0 spiro atoms. The van der Waals surface area contributed by atoms with Crippen molar-refractivity contribution in [3.05, 3.63) is 18.0 Å². The maximum Gasteiger partial charge on any atom is 0.136 e. The topological polar surface area (TPSA) is 52.9 Å². The Morgan fingerprint density at radius 1 is 1.32 bits per heavy atom. The van der Waals surface area contributed by atoms with Crippen LogP contribution >= 0.6 is 0 Å². The van der Waals surface area contributed by atoms with Crippen LogP contribution in [0, 0.1) is 5.41 Å². The van der Waals surface area contributed by atoms with Gasteiger partial charge in [-0.2, -0.15) is 5.10 Å². The van der Waals surface area contributed by atoms with Crippen molar-refractivity contribution in [3.63, 3.8) is 0 Å². The number of fused-ring (bicyclic) bond motifs is 1. The summed E-state index contributed by atoms with van der Waals surface area (Å²) >= 11 is -1.05. The molecule has 0 fully saturated rings. The molecule has 0 saturated heterocycles. The molecule has 0 radical (unpaired) electrons. The third-order valence-corrected chi connectivity index (χ3v) is 5.23. The number of rotatable bonds is 2. The minimum absolute atomic E-state index is 0.131. The van der Waals surface area contributed by atoms with Gasteiger partial charge >= 0.3 is 0 Å². The summed E-state index contributed by atoms with van der Waals surface area (Å²) in [5.74, 6) is 0. The third kappa shape index (κ3) is 2.98. The molecule has 2 rings (SSSR count). The van der Waals surface area contributed by atoms with Crippen LogP contribution in [0.4, 0.5) is 0 Å². The standard InChI is InChI=1S/C14H25N3OS/c1-13(2,3)12-9-10(11-7-8-15-17(11)12)16-19(18)14(4,5)6/h7-8,10,12,16H,9H2,1-6H3/t10-,12+,19?/m1/s1. The van der Waals surface area contributed by atoms with Crippen LogP contribution in [-0.4, -0.2) is 19.1 Å². The third-order valence-electron chi connectivity index (χ3n) is 3.62. The fourth-order valence-corrected chi connectivity index (χ4v) is 3.27. The number of hydrogen-bond donors (Lipinski definition) is 1. The Morgan fingerprint density at radius 3 is 2.47 bits per heavy atom. The zero-order chi connectivity index (χ0) is 14.4. The number of nitrogens with one attached hydrogen (secondary N) is 1. The second kappa shape index (κ2) is 4.79. The van der Waals surface area contributed by atoms with E-state index in [1.54, 1.807) is 0 Å². The van der Waals surface area contributed by atoms with Gasteiger partial charge in [0.25, 0.3) is 0 Å². The number of hydrogen-bond acceptors (Lipinski definition) is 3. The second-order valence-corrected chi connectivity index (χ2v) is 9.37. The highest BCUT2D eigenvalue weighted by atomic mass is 32.2. The van der Waals surface area contributed by atoms with E-state index >= 15 is 0 Å². The van der Waals surface area contributed by atoms with E-state index in [2.05, 4.69) is 35.3 Å². The molecular formula is C14H25N3OS. The van der Waals surface area contributed by atoms with E-state index in [1.165, 1.54) is 0 Å². The highest BCUT2D eigenvalue weighted by Crippen LogP contribution is 2.44. The van der Waals surface area contributed by atoms with Crippen LogP contribution in [-0.2, 0) is 11.4 Å². The van der Waals surface area contributed by atoms with Gasteiger partial charge in [0.15, 0.2) is 0 Å². The molecule has 1 aromatic heterocycles. The lowest BCUT2D eigenvalue weighted by atomic mass is 9.85. The largest absolute Gasteiger partial charge is 0.598 e. The SMILES string of the molecule is CC(C)(C)[C@@H]1C[C@@H](N[S+]([O-])C(C)(C)C)c2ccnn21. The molecule has 1 aromatic rings. The van der Waals surface area contributed by atoms with Crippen molar-refractivity contribution in [1.29, 1.82) is 0 Å². The van der Waals surface area contributed by atoms with E-state index in [1.807, 2.05) is 33.0 Å². The molecule has 108 valence electrons. The first-order chi connectivity index (χ1) is 8.60. The van der Waals surface area contributed by atoms with Gasteiger partial charge in [-0.25, -0.2) is 0 Å². The normalized spacial score (nSPS) is 25.4. The summed E-state index contributed by atoms with van der Waals surface area (Å²) in [4.78, 5) is 0. The first kappa shape index (κ1) is 14.9. The fraction of sp³-hybridized carbons (Fsp3) is 0.786. The van der Waals surface area contributed by atoms with Gasteiger partial charge in [-0.05, 0) is 38.7 Å². The minimum atomic E-state index is -1.05. The molecule has 2 heterocycles. The molecule has 0 bridgehead atoms. The molecule has 0 aromatic carbocycles. The maximum absolute atomic E-state index is 12.3. The number of aromatic nitrogens is 2. The van der Waals surface area contributed by atoms with Crippen molar-refractivity contribution in [2.45, 2.75) is 64.8 Å². The van der Waals surface area contributed by atoms with E-state index < -0.39 is 11.4 Å². The van der Waals surface area contributed by atoms with Crippen LogP contribution in [0.3, 0.4) is 0 Å². The quantitative estimate of drug-likeness (QED) is 0.849. The molecular weight excluding hydrogens is 258 g/mol. The minimum Gasteiger partial charge on any atom is -0.598 e. The Kier molecular flexibility index (Phi) is 3.75. The van der Waals surface area contributed by atoms with Gasteiger partial charge in [-0.3, -0.25) is 4.68 Å². The first-order valence-corrected chi connectivity index (χ1v) is 7.97. The van der Waals surface area contributed by atoms with Crippen molar-refractivity contribution >= 4 is 11.4 Å². The molecule has 1 aliphatic rings. The van der Waals surface area contributed by atoms with Crippen LogP contribution in [0.2, 0.25) is 0 Å². The Labute approximate surface area is 119 Å². The Bertz CT molecular complexity index is 444. The van der Waals surface area contributed by atoms with E-state index in [9.17, 15) is 4.55 Å². The van der Waals surface area contributed by atoms with Crippen molar-refractivity contribution in [2.24, 2.45) is 5.41 Å². The zero-order valence-electron chi connectivity index (χ0n) is 12.7. The van der Waals surface area contributed by atoms with Crippen molar-refractivity contribution in [3.8, 4) is 0 Å². The predicted molar refractivity (Wildman–Crippen MR) is 79.1 cm³/mol. The zero-order valence-corrected chi connectivity index (χ0v) is 13.5. The molecule has 0 aliphatic carbocycles. The maximum atomic E-state index is 12.3. The van der Waals surface area contributed by atoms with Gasteiger partial charge in [0.05, 0.1) is 17.8 Å². The summed E-state index contributed by atoms with van der Waals surface area (Å²) in [5, 5.41) is 4.44. The summed E-state index contributed by atoms with van der Waals surface area (Å²) in [6, 6.07) is 2.52. The highest BCUT2D eigenvalue weighted by Gasteiger charge is 2.41. The molecule has 1 unspecified atom stereocenters. The van der Waals surface area contributed by atoms with Gasteiger partial charge in [0, 0.05) is 17.6 Å². The highest BCUT2D eigenvalue weighted by molar-refractivity contribution is 7.90. The van der Waals surface area contributed by atoms with Crippen LogP contribution in [0.5, 0.6) is 0 Å². The lowest BCUT2D eigenvalue weighted by molar-refractivity contribution is 0.229. The van der Waals surface area contributed by atoms with E-state index in [-0.39, 0.29) is 16.2 Å². The smallest absolute Gasteiger partial charge is 0.136 e. The summed E-state index contributed by atoms with van der Waals surface area (Å²) in [7, 11) is 0. The summed E-state index contributed by atoms with van der Waals surface area (Å²) < 4.78 is 17.4. The van der Waals surface area contributed by atoms with Crippen molar-refractivity contribution < 1.29 is 4.55 Å². The lowest BCUT2D eigenvalue weighted by Gasteiger charge is -2.28.